The van der Waals surface area contributed by atoms with Gasteiger partial charge in [-0.25, -0.2) is 4.39 Å². The van der Waals surface area contributed by atoms with Crippen LogP contribution in [-0.4, -0.2) is 6.61 Å². The van der Waals surface area contributed by atoms with E-state index in [1.54, 1.807) is 30.4 Å². The highest BCUT2D eigenvalue weighted by molar-refractivity contribution is 5.90. The van der Waals surface area contributed by atoms with Crippen molar-refractivity contribution < 1.29 is 13.9 Å². The summed E-state index contributed by atoms with van der Waals surface area (Å²) >= 11 is 0. The van der Waals surface area contributed by atoms with Crippen molar-refractivity contribution in [1.29, 1.82) is 5.26 Å². The van der Waals surface area contributed by atoms with Crippen molar-refractivity contribution in [3.8, 4) is 17.6 Å². The van der Waals surface area contributed by atoms with Crippen LogP contribution in [0.5, 0.6) is 11.5 Å². The molecule has 0 spiro atoms. The predicted molar refractivity (Wildman–Crippen MR) is 140 cm³/mol. The van der Waals surface area contributed by atoms with Crippen molar-refractivity contribution in [2.45, 2.75) is 20.0 Å². The van der Waals surface area contributed by atoms with E-state index in [9.17, 15) is 9.65 Å². The summed E-state index contributed by atoms with van der Waals surface area (Å²) in [5.41, 5.74) is 3.17. The Labute approximate surface area is 205 Å². The van der Waals surface area contributed by atoms with E-state index in [1.165, 1.54) is 6.07 Å². The molecule has 174 valence electrons. The molecule has 0 N–H and O–H groups in total. The standard InChI is InChI=1S/C31H26FNO2/c1-3-10-24-17-22(18-26(20-33)28-15-7-8-16-29(28)32)19-30(34-4-2)31(24)35-21-25-13-9-12-23-11-5-6-14-27(23)25/h3,5-9,11-19H,1,4,10,21H2,2H3/b26-18-. The average Bonchev–Trinajstić information content (AvgIpc) is 2.88. The molecule has 0 aromatic heterocycles. The van der Waals surface area contributed by atoms with Crippen molar-refractivity contribution in [2.24, 2.45) is 0 Å². The number of nitriles is 1. The van der Waals surface area contributed by atoms with Crippen molar-refractivity contribution in [3.63, 3.8) is 0 Å². The maximum absolute atomic E-state index is 14.3. The Kier molecular flexibility index (Phi) is 7.60. The van der Waals surface area contributed by atoms with Crippen LogP contribution < -0.4 is 9.47 Å². The van der Waals surface area contributed by atoms with Crippen LogP contribution in [0.3, 0.4) is 0 Å². The quantitative estimate of drug-likeness (QED) is 0.145. The van der Waals surface area contributed by atoms with Gasteiger partial charge in [0, 0.05) is 11.1 Å². The fraction of sp³-hybridized carbons (Fsp3) is 0.129. The summed E-state index contributed by atoms with van der Waals surface area (Å²) in [5.74, 6) is 0.775. The molecule has 0 aliphatic carbocycles. The maximum atomic E-state index is 14.3. The molecule has 0 heterocycles. The summed E-state index contributed by atoms with van der Waals surface area (Å²) in [6, 6.07) is 26.5. The number of ether oxygens (including phenoxy) is 2. The van der Waals surface area contributed by atoms with E-state index in [0.717, 1.165) is 27.5 Å². The van der Waals surface area contributed by atoms with Crippen LogP contribution >= 0.6 is 0 Å². The molecular formula is C31H26FNO2. The molecule has 0 radical (unpaired) electrons. The van der Waals surface area contributed by atoms with Crippen molar-refractivity contribution in [2.75, 3.05) is 6.61 Å². The molecule has 4 aromatic carbocycles. The SMILES string of the molecule is C=CCc1cc(/C=C(/C#N)c2ccccc2F)cc(OCC)c1OCc1cccc2ccccc12. The Morgan fingerprint density at radius 3 is 2.51 bits per heavy atom. The minimum Gasteiger partial charge on any atom is -0.490 e. The number of hydrogen-bond acceptors (Lipinski definition) is 3. The van der Waals surface area contributed by atoms with Gasteiger partial charge in [0.2, 0.25) is 0 Å². The second-order valence-electron chi connectivity index (χ2n) is 8.01. The Balaban J connectivity index is 1.74. The van der Waals surface area contributed by atoms with E-state index in [0.29, 0.717) is 31.1 Å². The first-order valence-electron chi connectivity index (χ1n) is 11.5. The zero-order chi connectivity index (χ0) is 24.6. The fourth-order valence-corrected chi connectivity index (χ4v) is 4.09. The van der Waals surface area contributed by atoms with Crippen LogP contribution in [0.4, 0.5) is 4.39 Å². The summed E-state index contributed by atoms with van der Waals surface area (Å²) in [6.45, 7) is 6.61. The number of allylic oxidation sites excluding steroid dienone is 2. The van der Waals surface area contributed by atoms with Gasteiger partial charge in [0.1, 0.15) is 12.4 Å². The number of hydrogen-bond donors (Lipinski definition) is 0. The lowest BCUT2D eigenvalue weighted by Crippen LogP contribution is -2.04. The summed E-state index contributed by atoms with van der Waals surface area (Å²) in [7, 11) is 0. The number of nitrogens with zero attached hydrogens (tertiary/aromatic N) is 1. The third-order valence-corrected chi connectivity index (χ3v) is 5.67. The highest BCUT2D eigenvalue weighted by Gasteiger charge is 2.15. The Hall–Kier alpha value is -4.36. The second kappa shape index (κ2) is 11.2. The number of halogens is 1. The predicted octanol–water partition coefficient (Wildman–Crippen LogP) is 7.75. The molecule has 4 aromatic rings. The zero-order valence-electron chi connectivity index (χ0n) is 19.6. The van der Waals surface area contributed by atoms with Gasteiger partial charge in [-0.1, -0.05) is 66.7 Å². The molecule has 3 nitrogen and oxygen atoms in total. The normalized spacial score (nSPS) is 11.2. The summed E-state index contributed by atoms with van der Waals surface area (Å²) in [6.07, 6.45) is 4.02. The molecule has 0 saturated heterocycles. The lowest BCUT2D eigenvalue weighted by Gasteiger charge is -2.17. The molecular weight excluding hydrogens is 437 g/mol. The van der Waals surface area contributed by atoms with Gasteiger partial charge in [0.05, 0.1) is 18.2 Å². The van der Waals surface area contributed by atoms with Gasteiger partial charge >= 0.3 is 0 Å². The lowest BCUT2D eigenvalue weighted by atomic mass is 10.00. The number of fused-ring (bicyclic) bond motifs is 1. The van der Waals surface area contributed by atoms with E-state index in [4.69, 9.17) is 9.47 Å². The highest BCUT2D eigenvalue weighted by Crippen LogP contribution is 2.36. The van der Waals surface area contributed by atoms with Gasteiger partial charge in [-0.15, -0.1) is 6.58 Å². The van der Waals surface area contributed by atoms with E-state index in [-0.39, 0.29) is 11.1 Å². The third-order valence-electron chi connectivity index (χ3n) is 5.67. The first kappa shape index (κ1) is 23.8. The van der Waals surface area contributed by atoms with Crippen LogP contribution in [0.15, 0.2) is 91.5 Å². The van der Waals surface area contributed by atoms with Gasteiger partial charge in [0.25, 0.3) is 0 Å². The van der Waals surface area contributed by atoms with Crippen LogP contribution in [0, 0.1) is 17.1 Å². The van der Waals surface area contributed by atoms with Gasteiger partial charge in [-0.3, -0.25) is 0 Å². The highest BCUT2D eigenvalue weighted by atomic mass is 19.1. The molecule has 0 bridgehead atoms. The molecule has 4 heteroatoms. The largest absolute Gasteiger partial charge is 0.490 e. The third kappa shape index (κ3) is 5.42. The van der Waals surface area contributed by atoms with Gasteiger partial charge in [0.15, 0.2) is 11.5 Å². The summed E-state index contributed by atoms with van der Waals surface area (Å²) < 4.78 is 26.6. The molecule has 0 unspecified atom stereocenters. The van der Waals surface area contributed by atoms with Crippen LogP contribution in [0.1, 0.15) is 29.2 Å². The molecule has 0 amide bonds. The Bertz CT molecular complexity index is 1430. The van der Waals surface area contributed by atoms with Crippen LogP contribution in [0.25, 0.3) is 22.4 Å². The first-order chi connectivity index (χ1) is 17.1. The fourth-order valence-electron chi connectivity index (χ4n) is 4.09. The molecule has 0 atom stereocenters. The topological polar surface area (TPSA) is 42.2 Å². The molecule has 0 aliphatic heterocycles. The zero-order valence-corrected chi connectivity index (χ0v) is 19.6. The minimum absolute atomic E-state index is 0.236. The Morgan fingerprint density at radius 2 is 1.74 bits per heavy atom. The Morgan fingerprint density at radius 1 is 0.971 bits per heavy atom. The van der Waals surface area contributed by atoms with E-state index in [1.807, 2.05) is 37.3 Å². The molecule has 4 rings (SSSR count). The van der Waals surface area contributed by atoms with Gasteiger partial charge in [-0.2, -0.15) is 5.26 Å². The summed E-state index contributed by atoms with van der Waals surface area (Å²) in [5, 5.41) is 12.0. The molecule has 0 saturated carbocycles. The van der Waals surface area contributed by atoms with Crippen molar-refractivity contribution >= 4 is 22.4 Å². The average molecular weight is 464 g/mol. The van der Waals surface area contributed by atoms with E-state index >= 15 is 0 Å². The van der Waals surface area contributed by atoms with Crippen molar-refractivity contribution in [1.82, 2.24) is 0 Å². The van der Waals surface area contributed by atoms with Crippen molar-refractivity contribution in [3.05, 3.63) is 120 Å². The van der Waals surface area contributed by atoms with E-state index in [2.05, 4.69) is 36.9 Å². The maximum Gasteiger partial charge on any atom is 0.165 e. The van der Waals surface area contributed by atoms with Crippen LogP contribution in [-0.2, 0) is 13.0 Å². The molecule has 0 aliphatic rings. The number of rotatable bonds is 9. The van der Waals surface area contributed by atoms with E-state index < -0.39 is 5.82 Å². The minimum atomic E-state index is -0.438. The lowest BCUT2D eigenvalue weighted by molar-refractivity contribution is 0.268. The van der Waals surface area contributed by atoms with Crippen LogP contribution in [0.2, 0.25) is 0 Å². The molecule has 0 fully saturated rings. The molecule has 35 heavy (non-hydrogen) atoms. The number of benzene rings is 4. The summed E-state index contributed by atoms with van der Waals surface area (Å²) in [4.78, 5) is 0. The smallest absolute Gasteiger partial charge is 0.165 e. The first-order valence-corrected chi connectivity index (χ1v) is 11.5. The van der Waals surface area contributed by atoms with Gasteiger partial charge < -0.3 is 9.47 Å². The second-order valence-corrected chi connectivity index (χ2v) is 8.01. The van der Waals surface area contributed by atoms with Gasteiger partial charge in [-0.05, 0) is 59.5 Å². The monoisotopic (exact) mass is 463 g/mol.